The first-order valence-corrected chi connectivity index (χ1v) is 13.0. The van der Waals surface area contributed by atoms with Gasteiger partial charge >= 0.3 is 0 Å². The van der Waals surface area contributed by atoms with Crippen LogP contribution < -0.4 is 10.5 Å². The maximum Gasteiger partial charge on any atom is 0.265 e. The third kappa shape index (κ3) is 4.38. The summed E-state index contributed by atoms with van der Waals surface area (Å²) in [5.74, 6) is 0.676. The van der Waals surface area contributed by atoms with E-state index < -0.39 is 0 Å². The molecule has 0 N–H and O–H groups in total. The molecule has 4 aromatic rings. The van der Waals surface area contributed by atoms with Crippen LogP contribution in [0.4, 0.5) is 5.69 Å². The second-order valence-corrected chi connectivity index (χ2v) is 10.0. The van der Waals surface area contributed by atoms with Crippen molar-refractivity contribution in [3.8, 4) is 5.69 Å². The van der Waals surface area contributed by atoms with E-state index in [1.54, 1.807) is 15.4 Å². The molecule has 7 nitrogen and oxygen atoms in total. The van der Waals surface area contributed by atoms with Gasteiger partial charge in [0.15, 0.2) is 10.8 Å². The van der Waals surface area contributed by atoms with Gasteiger partial charge in [-0.3, -0.25) is 14.2 Å². The maximum atomic E-state index is 13.5. The Labute approximate surface area is 208 Å². The SMILES string of the molecule is CCCCN(C(=O)CC1CSc2nc3c(cnn3-c3ccc(C)c(C)c3)c(=O)n21)c1ccccc1. The number of fused-ring (bicyclic) bond motifs is 2. The summed E-state index contributed by atoms with van der Waals surface area (Å²) >= 11 is 1.53. The predicted octanol–water partition coefficient (Wildman–Crippen LogP) is 5.07. The number of amides is 1. The van der Waals surface area contributed by atoms with Crippen LogP contribution in [-0.4, -0.2) is 37.5 Å². The fourth-order valence-corrected chi connectivity index (χ4v) is 5.59. The zero-order valence-corrected chi connectivity index (χ0v) is 21.1. The lowest BCUT2D eigenvalue weighted by Crippen LogP contribution is -2.35. The number of hydrogen-bond donors (Lipinski definition) is 0. The van der Waals surface area contributed by atoms with E-state index in [-0.39, 0.29) is 23.9 Å². The molecule has 8 heteroatoms. The standard InChI is InChI=1S/C27H29N5O2S/c1-4-5-13-30(20-9-7-6-8-10-20)24(33)15-22-17-35-27-29-25-23(26(34)31(22)27)16-28-32(25)21-12-11-18(2)19(3)14-21/h6-12,14,16,22H,4-5,13,15,17H2,1-3H3. The van der Waals surface area contributed by atoms with Gasteiger partial charge in [0, 0.05) is 24.4 Å². The molecular formula is C27H29N5O2S. The minimum Gasteiger partial charge on any atom is -0.312 e. The van der Waals surface area contributed by atoms with Crippen molar-refractivity contribution >= 4 is 34.4 Å². The first-order valence-electron chi connectivity index (χ1n) is 12.0. The van der Waals surface area contributed by atoms with Crippen molar-refractivity contribution in [3.05, 3.63) is 76.2 Å². The number of unbranched alkanes of at least 4 members (excludes halogenated alkanes) is 1. The van der Waals surface area contributed by atoms with Gasteiger partial charge in [-0.1, -0.05) is 49.4 Å². The number of hydrogen-bond acceptors (Lipinski definition) is 5. The van der Waals surface area contributed by atoms with Gasteiger partial charge in [-0.2, -0.15) is 5.10 Å². The summed E-state index contributed by atoms with van der Waals surface area (Å²) in [7, 11) is 0. The zero-order chi connectivity index (χ0) is 24.5. The van der Waals surface area contributed by atoms with Gasteiger partial charge < -0.3 is 4.90 Å². The summed E-state index contributed by atoms with van der Waals surface area (Å²) in [6.07, 6.45) is 3.78. The van der Waals surface area contributed by atoms with Crippen LogP contribution in [-0.2, 0) is 4.79 Å². The van der Waals surface area contributed by atoms with Gasteiger partial charge in [-0.05, 0) is 55.7 Å². The van der Waals surface area contributed by atoms with Crippen LogP contribution >= 0.6 is 11.8 Å². The highest BCUT2D eigenvalue weighted by Gasteiger charge is 2.31. The number of thioether (sulfide) groups is 1. The fourth-order valence-electron chi connectivity index (χ4n) is 4.46. The van der Waals surface area contributed by atoms with Crippen LogP contribution in [0, 0.1) is 13.8 Å². The summed E-state index contributed by atoms with van der Waals surface area (Å²) in [6, 6.07) is 15.6. The minimum atomic E-state index is -0.232. The van der Waals surface area contributed by atoms with E-state index in [0.717, 1.165) is 29.8 Å². The maximum absolute atomic E-state index is 13.5. The van der Waals surface area contributed by atoms with Crippen LogP contribution in [0.2, 0.25) is 0 Å². The Bertz CT molecular complexity index is 1440. The van der Waals surface area contributed by atoms with Gasteiger partial charge in [0.25, 0.3) is 5.56 Å². The highest BCUT2D eigenvalue weighted by Crippen LogP contribution is 2.34. The van der Waals surface area contributed by atoms with E-state index in [4.69, 9.17) is 4.98 Å². The fraction of sp³-hybridized carbons (Fsp3) is 0.333. The topological polar surface area (TPSA) is 73.0 Å². The molecule has 180 valence electrons. The first-order chi connectivity index (χ1) is 17.0. The Morgan fingerprint density at radius 1 is 1.14 bits per heavy atom. The summed E-state index contributed by atoms with van der Waals surface area (Å²) in [5, 5.41) is 5.60. The predicted molar refractivity (Wildman–Crippen MR) is 141 cm³/mol. The van der Waals surface area contributed by atoms with E-state index in [2.05, 4.69) is 31.9 Å². The number of nitrogens with zero attached hydrogens (tertiary/aromatic N) is 5. The smallest absolute Gasteiger partial charge is 0.265 e. The van der Waals surface area contributed by atoms with Crippen molar-refractivity contribution in [1.82, 2.24) is 19.3 Å². The van der Waals surface area contributed by atoms with Crippen molar-refractivity contribution in [1.29, 1.82) is 0 Å². The molecule has 0 saturated heterocycles. The summed E-state index contributed by atoms with van der Waals surface area (Å²) in [6.45, 7) is 6.91. The highest BCUT2D eigenvalue weighted by atomic mass is 32.2. The van der Waals surface area contributed by atoms with Crippen LogP contribution in [0.1, 0.15) is 43.4 Å². The molecule has 2 aromatic heterocycles. The van der Waals surface area contributed by atoms with Gasteiger partial charge in [0.05, 0.1) is 17.9 Å². The molecule has 1 aliphatic heterocycles. The highest BCUT2D eigenvalue weighted by molar-refractivity contribution is 7.99. The second-order valence-electron chi connectivity index (χ2n) is 9.04. The van der Waals surface area contributed by atoms with E-state index >= 15 is 0 Å². The van der Waals surface area contributed by atoms with Gasteiger partial charge in [-0.25, -0.2) is 9.67 Å². The lowest BCUT2D eigenvalue weighted by atomic mass is 10.1. The van der Waals surface area contributed by atoms with Crippen molar-refractivity contribution < 1.29 is 4.79 Å². The molecule has 0 bridgehead atoms. The molecule has 3 heterocycles. The normalized spacial score (nSPS) is 14.9. The molecule has 0 aliphatic carbocycles. The molecule has 5 rings (SSSR count). The van der Waals surface area contributed by atoms with E-state index in [1.807, 2.05) is 47.4 Å². The quantitative estimate of drug-likeness (QED) is 0.340. The molecule has 0 spiro atoms. The Morgan fingerprint density at radius 3 is 2.69 bits per heavy atom. The minimum absolute atomic E-state index is 0.0286. The first kappa shape index (κ1) is 23.4. The number of carbonyl (C=O) groups excluding carboxylic acids is 1. The second kappa shape index (κ2) is 9.70. The van der Waals surface area contributed by atoms with E-state index in [9.17, 15) is 9.59 Å². The molecule has 2 aromatic carbocycles. The number of benzene rings is 2. The molecule has 1 atom stereocenters. The average Bonchev–Trinajstić information content (AvgIpc) is 3.47. The van der Waals surface area contributed by atoms with Gasteiger partial charge in [0.2, 0.25) is 5.91 Å². The van der Waals surface area contributed by atoms with Crippen molar-refractivity contribution in [2.75, 3.05) is 17.2 Å². The molecule has 35 heavy (non-hydrogen) atoms. The third-order valence-corrected chi connectivity index (χ3v) is 7.72. The molecule has 0 saturated carbocycles. The van der Waals surface area contributed by atoms with Crippen molar-refractivity contribution in [2.24, 2.45) is 0 Å². The van der Waals surface area contributed by atoms with Gasteiger partial charge in [-0.15, -0.1) is 0 Å². The number of anilines is 1. The summed E-state index contributed by atoms with van der Waals surface area (Å²) in [4.78, 5) is 33.6. The number of rotatable bonds is 7. The molecular weight excluding hydrogens is 458 g/mol. The van der Waals surface area contributed by atoms with Crippen molar-refractivity contribution in [2.45, 2.75) is 51.2 Å². The molecule has 0 radical (unpaired) electrons. The average molecular weight is 488 g/mol. The number of aryl methyl sites for hydroxylation is 2. The Balaban J connectivity index is 1.46. The number of aromatic nitrogens is 4. The molecule has 1 aliphatic rings. The lowest BCUT2D eigenvalue weighted by molar-refractivity contribution is -0.119. The third-order valence-electron chi connectivity index (χ3n) is 6.62. The van der Waals surface area contributed by atoms with Crippen molar-refractivity contribution in [3.63, 3.8) is 0 Å². The molecule has 1 amide bonds. The zero-order valence-electron chi connectivity index (χ0n) is 20.3. The Hall–Kier alpha value is -3.39. The Morgan fingerprint density at radius 2 is 1.94 bits per heavy atom. The largest absolute Gasteiger partial charge is 0.312 e. The summed E-state index contributed by atoms with van der Waals surface area (Å²) < 4.78 is 3.42. The molecule has 0 fully saturated rings. The Kier molecular flexibility index (Phi) is 6.47. The van der Waals surface area contributed by atoms with E-state index in [0.29, 0.717) is 28.5 Å². The van der Waals surface area contributed by atoms with E-state index in [1.165, 1.54) is 17.3 Å². The summed E-state index contributed by atoms with van der Waals surface area (Å²) in [5.41, 5.74) is 4.55. The van der Waals surface area contributed by atoms with Crippen LogP contribution in [0.25, 0.3) is 16.7 Å². The lowest BCUT2D eigenvalue weighted by Gasteiger charge is -2.24. The van der Waals surface area contributed by atoms with Crippen LogP contribution in [0.15, 0.2) is 64.7 Å². The number of carbonyl (C=O) groups is 1. The monoisotopic (exact) mass is 487 g/mol. The van der Waals surface area contributed by atoms with Crippen LogP contribution in [0.5, 0.6) is 0 Å². The van der Waals surface area contributed by atoms with Crippen LogP contribution in [0.3, 0.4) is 0 Å². The number of para-hydroxylation sites is 1. The van der Waals surface area contributed by atoms with Gasteiger partial charge in [0.1, 0.15) is 5.39 Å². The molecule has 1 unspecified atom stereocenters.